The molecule has 19 heavy (non-hydrogen) atoms. The van der Waals surface area contributed by atoms with E-state index >= 15 is 0 Å². The number of rotatable bonds is 9. The van der Waals surface area contributed by atoms with Gasteiger partial charge in [-0.3, -0.25) is 0 Å². The molecule has 0 atom stereocenters. The number of carbonyl (C=O) groups excluding carboxylic acids is 1. The van der Waals surface area contributed by atoms with Gasteiger partial charge in [-0.2, -0.15) is 0 Å². The third-order valence-electron chi connectivity index (χ3n) is 2.73. The van der Waals surface area contributed by atoms with Crippen molar-refractivity contribution < 1.29 is 9.53 Å². The van der Waals surface area contributed by atoms with Crippen molar-refractivity contribution in [1.82, 2.24) is 0 Å². The Morgan fingerprint density at radius 1 is 1.11 bits per heavy atom. The zero-order valence-corrected chi connectivity index (χ0v) is 13.8. The molecule has 1 aromatic rings. The summed E-state index contributed by atoms with van der Waals surface area (Å²) in [6, 6.07) is 7.38. The molecule has 0 aliphatic rings. The van der Waals surface area contributed by atoms with Gasteiger partial charge in [-0.25, -0.2) is 0 Å². The van der Waals surface area contributed by atoms with Crippen LogP contribution in [-0.2, 0) is 4.74 Å². The molecular weight excluding hydrogens is 327 g/mol. The molecule has 0 amide bonds. The first kappa shape index (κ1) is 16.6. The maximum absolute atomic E-state index is 11.6. The zero-order chi connectivity index (χ0) is 13.9. The molecule has 1 rings (SSSR count). The van der Waals surface area contributed by atoms with E-state index in [0.717, 1.165) is 17.3 Å². The van der Waals surface area contributed by atoms with E-state index in [1.807, 2.05) is 12.1 Å². The number of ether oxygens (including phenoxy) is 1. The molecule has 1 aromatic carbocycles. The van der Waals surface area contributed by atoms with Gasteiger partial charge >= 0.3 is 127 Å². The summed E-state index contributed by atoms with van der Waals surface area (Å²) < 4.78 is 6.24. The molecule has 0 saturated heterocycles. The normalized spacial score (nSPS) is 10.4. The van der Waals surface area contributed by atoms with E-state index in [1.54, 1.807) is 12.1 Å². The Kier molecular flexibility index (Phi) is 8.98. The van der Waals surface area contributed by atoms with Crippen molar-refractivity contribution in [2.45, 2.75) is 45.4 Å². The first-order valence-corrected chi connectivity index (χ1v) is 8.91. The van der Waals surface area contributed by atoms with Crippen LogP contribution in [0.5, 0.6) is 0 Å². The van der Waals surface area contributed by atoms with Crippen LogP contribution in [-0.4, -0.2) is 26.4 Å². The van der Waals surface area contributed by atoms with Gasteiger partial charge in [0.1, 0.15) is 0 Å². The minimum absolute atomic E-state index is 0.0941. The average molecular weight is 348 g/mol. The van der Waals surface area contributed by atoms with Crippen LogP contribution in [0.1, 0.15) is 45.4 Å². The molecule has 0 spiro atoms. The summed E-state index contributed by atoms with van der Waals surface area (Å²) in [5, 5.41) is 0.694. The topological polar surface area (TPSA) is 26.3 Å². The fourth-order valence-corrected chi connectivity index (χ4v) is 3.07. The van der Waals surface area contributed by atoms with Gasteiger partial charge in [0.2, 0.25) is 0 Å². The molecule has 106 valence electrons. The van der Waals surface area contributed by atoms with Crippen molar-refractivity contribution in [2.75, 3.05) is 6.61 Å². The summed E-state index contributed by atoms with van der Waals surface area (Å²) >= 11 is 5.54. The summed E-state index contributed by atoms with van der Waals surface area (Å²) in [6.45, 7) is 2.76. The van der Waals surface area contributed by atoms with Crippen LogP contribution in [0.15, 0.2) is 24.3 Å². The molecule has 0 aliphatic heterocycles. The minimum atomic E-state index is -0.257. The van der Waals surface area contributed by atoms with E-state index in [1.165, 1.54) is 25.7 Å². The molecule has 4 heteroatoms. The van der Waals surface area contributed by atoms with E-state index in [2.05, 4.69) is 6.92 Å². The summed E-state index contributed by atoms with van der Waals surface area (Å²) in [6.07, 6.45) is 7.23. The third kappa shape index (κ3) is 8.30. The molecule has 0 heterocycles. The van der Waals surface area contributed by atoms with Crippen molar-refractivity contribution in [3.63, 3.8) is 0 Å². The second-order valence-corrected chi connectivity index (χ2v) is 6.98. The standard InChI is InChI=1S/C15H21ClO2Se/c1-2-3-4-5-6-7-12-18-15(17)19-14-10-8-13(16)9-11-14/h8-11H,2-7,12H2,1H3. The second kappa shape index (κ2) is 10.3. The van der Waals surface area contributed by atoms with Crippen LogP contribution in [0.3, 0.4) is 0 Å². The van der Waals surface area contributed by atoms with Crippen LogP contribution in [0.25, 0.3) is 0 Å². The van der Waals surface area contributed by atoms with E-state index in [4.69, 9.17) is 16.3 Å². The number of benzene rings is 1. The van der Waals surface area contributed by atoms with Gasteiger partial charge in [0.05, 0.1) is 0 Å². The average Bonchev–Trinajstić information content (AvgIpc) is 2.40. The molecule has 0 fully saturated rings. The summed E-state index contributed by atoms with van der Waals surface area (Å²) in [5.74, 6) is 0. The fourth-order valence-electron chi connectivity index (χ4n) is 1.67. The van der Waals surface area contributed by atoms with Gasteiger partial charge in [0.15, 0.2) is 0 Å². The molecule has 0 unspecified atom stereocenters. The molecular formula is C15H21ClO2Se. The molecule has 0 bridgehead atoms. The van der Waals surface area contributed by atoms with Crippen LogP contribution in [0.4, 0.5) is 4.79 Å². The predicted molar refractivity (Wildman–Crippen MR) is 81.6 cm³/mol. The SMILES string of the molecule is CCCCCCCCOC(=O)[Se]c1ccc(Cl)cc1. The fraction of sp³-hybridized carbons (Fsp3) is 0.533. The number of unbranched alkanes of at least 4 members (excludes halogenated alkanes) is 5. The quantitative estimate of drug-likeness (QED) is 0.495. The maximum atomic E-state index is 11.6. The van der Waals surface area contributed by atoms with Crippen molar-refractivity contribution in [3.05, 3.63) is 29.3 Å². The van der Waals surface area contributed by atoms with Crippen LogP contribution in [0.2, 0.25) is 5.02 Å². The molecule has 0 N–H and O–H groups in total. The van der Waals surface area contributed by atoms with E-state index in [-0.39, 0.29) is 19.8 Å². The molecule has 0 aliphatic carbocycles. The van der Waals surface area contributed by atoms with Gasteiger partial charge in [-0.05, 0) is 0 Å². The molecule has 2 nitrogen and oxygen atoms in total. The monoisotopic (exact) mass is 348 g/mol. The van der Waals surface area contributed by atoms with E-state index in [9.17, 15) is 4.79 Å². The van der Waals surface area contributed by atoms with Crippen molar-refractivity contribution in [1.29, 1.82) is 0 Å². The first-order valence-electron chi connectivity index (χ1n) is 6.82. The number of hydrogen-bond acceptors (Lipinski definition) is 2. The Bertz CT molecular complexity index is 365. The van der Waals surface area contributed by atoms with Gasteiger partial charge in [0, 0.05) is 0 Å². The van der Waals surface area contributed by atoms with Crippen molar-refractivity contribution in [3.8, 4) is 0 Å². The Morgan fingerprint density at radius 3 is 2.42 bits per heavy atom. The molecule has 0 radical (unpaired) electrons. The molecule has 0 aromatic heterocycles. The first-order chi connectivity index (χ1) is 9.22. The van der Waals surface area contributed by atoms with Crippen molar-refractivity contribution in [2.24, 2.45) is 0 Å². The van der Waals surface area contributed by atoms with E-state index in [0.29, 0.717) is 11.6 Å². The summed E-state index contributed by atoms with van der Waals surface area (Å²) in [4.78, 5) is 11.5. The van der Waals surface area contributed by atoms with Gasteiger partial charge < -0.3 is 0 Å². The zero-order valence-electron chi connectivity index (χ0n) is 11.4. The number of carbonyl (C=O) groups is 1. The number of hydrogen-bond donors (Lipinski definition) is 0. The second-order valence-electron chi connectivity index (χ2n) is 4.42. The number of halogens is 1. The van der Waals surface area contributed by atoms with Gasteiger partial charge in [0.25, 0.3) is 0 Å². The van der Waals surface area contributed by atoms with Crippen molar-refractivity contribution >= 4 is 35.9 Å². The Labute approximate surface area is 127 Å². The van der Waals surface area contributed by atoms with Gasteiger partial charge in [-0.1, -0.05) is 0 Å². The van der Waals surface area contributed by atoms with E-state index < -0.39 is 0 Å². The van der Waals surface area contributed by atoms with Gasteiger partial charge in [-0.15, -0.1) is 0 Å². The predicted octanol–water partition coefficient (Wildman–Crippen LogP) is 4.17. The Hall–Kier alpha value is -0.501. The molecule has 0 saturated carbocycles. The third-order valence-corrected chi connectivity index (χ3v) is 4.65. The summed E-state index contributed by atoms with van der Waals surface area (Å²) in [5.41, 5.74) is 0. The van der Waals surface area contributed by atoms with Crippen LogP contribution >= 0.6 is 11.6 Å². The Morgan fingerprint density at radius 2 is 1.74 bits per heavy atom. The van der Waals surface area contributed by atoms with Crippen LogP contribution in [0, 0.1) is 0 Å². The summed E-state index contributed by atoms with van der Waals surface area (Å²) in [7, 11) is 0. The Balaban J connectivity index is 2.06. The van der Waals surface area contributed by atoms with Crippen LogP contribution < -0.4 is 4.46 Å².